The molecule has 2 aromatic heterocycles. The molecule has 2 fully saturated rings. The van der Waals surface area contributed by atoms with Gasteiger partial charge in [0.25, 0.3) is 0 Å². The third kappa shape index (κ3) is 5.86. The van der Waals surface area contributed by atoms with Gasteiger partial charge in [-0.25, -0.2) is 4.98 Å². The van der Waals surface area contributed by atoms with Gasteiger partial charge in [-0.2, -0.15) is 4.98 Å². The zero-order valence-corrected chi connectivity index (χ0v) is 22.0. The van der Waals surface area contributed by atoms with Gasteiger partial charge in [0.05, 0.1) is 6.10 Å². The zero-order valence-electron chi connectivity index (χ0n) is 22.0. The maximum atomic E-state index is 10.1. The molecule has 2 heterocycles. The van der Waals surface area contributed by atoms with Gasteiger partial charge in [-0.15, -0.1) is 0 Å². The van der Waals surface area contributed by atoms with Crippen LogP contribution in [0.1, 0.15) is 96.9 Å². The van der Waals surface area contributed by atoms with E-state index in [1.807, 2.05) is 6.20 Å². The number of anilines is 2. The number of nitrogens with zero attached hydrogens (tertiary/aromatic N) is 3. The van der Waals surface area contributed by atoms with Crippen LogP contribution in [0, 0.1) is 0 Å². The number of fused-ring (bicyclic) bond motifs is 1. The topological polar surface area (TPSA) is 75.0 Å². The van der Waals surface area contributed by atoms with Gasteiger partial charge in [-0.05, 0) is 69.6 Å². The summed E-state index contributed by atoms with van der Waals surface area (Å²) in [5.74, 6) is 0.702. The molecule has 1 aromatic carbocycles. The minimum absolute atomic E-state index is 0.169. The van der Waals surface area contributed by atoms with E-state index in [2.05, 4.69) is 59.5 Å². The van der Waals surface area contributed by atoms with Crippen molar-refractivity contribution >= 4 is 22.7 Å². The van der Waals surface area contributed by atoms with Crippen LogP contribution in [-0.4, -0.2) is 37.8 Å². The Morgan fingerprint density at radius 3 is 2.42 bits per heavy atom. The van der Waals surface area contributed by atoms with Gasteiger partial charge < -0.3 is 20.3 Å². The van der Waals surface area contributed by atoms with Crippen LogP contribution in [0.25, 0.3) is 22.2 Å². The Balaban J connectivity index is 1.43. The van der Waals surface area contributed by atoms with Gasteiger partial charge in [0.1, 0.15) is 5.65 Å². The van der Waals surface area contributed by atoms with E-state index in [9.17, 15) is 5.11 Å². The molecule has 0 bridgehead atoms. The Morgan fingerprint density at radius 1 is 1.00 bits per heavy atom. The fraction of sp³-hybridized carbons (Fsp3) is 0.600. The highest BCUT2D eigenvalue weighted by atomic mass is 16.3. The largest absolute Gasteiger partial charge is 0.393 e. The maximum Gasteiger partial charge on any atom is 0.224 e. The Bertz CT molecular complexity index is 1110. The molecule has 3 N–H and O–H groups in total. The summed E-state index contributed by atoms with van der Waals surface area (Å²) in [5, 5.41) is 18.4. The SMILES string of the molecule is CCCC(C)Nc1ncc2c(-c3ccc(NC4CCCCCC4)cc3)cn(C3CCC(O)CC3)c2n1. The monoisotopic (exact) mass is 489 g/mol. The van der Waals surface area contributed by atoms with E-state index in [4.69, 9.17) is 9.97 Å². The number of aromatic nitrogens is 3. The number of aliphatic hydroxyl groups is 1. The summed E-state index contributed by atoms with van der Waals surface area (Å²) in [6.45, 7) is 4.39. The number of nitrogens with one attached hydrogen (secondary N) is 2. The quantitative estimate of drug-likeness (QED) is 0.289. The summed E-state index contributed by atoms with van der Waals surface area (Å²) >= 11 is 0. The first-order valence-electron chi connectivity index (χ1n) is 14.3. The van der Waals surface area contributed by atoms with Gasteiger partial charge >= 0.3 is 0 Å². The maximum absolute atomic E-state index is 10.1. The molecule has 194 valence electrons. The summed E-state index contributed by atoms with van der Waals surface area (Å²) in [7, 11) is 0. The second-order valence-electron chi connectivity index (χ2n) is 11.1. The number of aliphatic hydroxyl groups excluding tert-OH is 1. The standard InChI is InChI=1S/C30H43N5O/c1-3-8-21(2)32-30-31-19-27-28(20-35(29(27)34-30)25-15-17-26(36)18-16-25)22-11-13-24(14-12-22)33-23-9-6-4-5-7-10-23/h11-14,19-21,23,25-26,33,36H,3-10,15-18H2,1-2H3,(H,31,32,34). The molecule has 6 nitrogen and oxygen atoms in total. The number of hydrogen-bond acceptors (Lipinski definition) is 5. The molecule has 36 heavy (non-hydrogen) atoms. The molecule has 5 rings (SSSR count). The molecule has 2 saturated carbocycles. The third-order valence-electron chi connectivity index (χ3n) is 8.15. The van der Waals surface area contributed by atoms with E-state index in [-0.39, 0.29) is 6.10 Å². The average Bonchev–Trinajstić information content (AvgIpc) is 3.06. The van der Waals surface area contributed by atoms with E-state index in [1.54, 1.807) is 0 Å². The minimum atomic E-state index is -0.169. The van der Waals surface area contributed by atoms with Crippen molar-refractivity contribution in [1.29, 1.82) is 0 Å². The summed E-state index contributed by atoms with van der Waals surface area (Å²) in [6.07, 6.45) is 17.9. The van der Waals surface area contributed by atoms with Crippen LogP contribution >= 0.6 is 0 Å². The number of hydrogen-bond donors (Lipinski definition) is 3. The Morgan fingerprint density at radius 2 is 1.72 bits per heavy atom. The summed E-state index contributed by atoms with van der Waals surface area (Å²) in [6, 6.07) is 10.2. The first kappa shape index (κ1) is 25.1. The molecular formula is C30H43N5O. The van der Waals surface area contributed by atoms with E-state index in [1.165, 1.54) is 55.3 Å². The normalized spacial score (nSPS) is 22.3. The molecule has 0 radical (unpaired) electrons. The first-order valence-corrected chi connectivity index (χ1v) is 14.3. The highest BCUT2D eigenvalue weighted by molar-refractivity contribution is 5.94. The molecule has 0 spiro atoms. The predicted octanol–water partition coefficient (Wildman–Crippen LogP) is 7.31. The van der Waals surface area contributed by atoms with Gasteiger partial charge in [0, 0.05) is 47.2 Å². The average molecular weight is 490 g/mol. The van der Waals surface area contributed by atoms with E-state index in [0.717, 1.165) is 49.6 Å². The van der Waals surface area contributed by atoms with Crippen LogP contribution in [-0.2, 0) is 0 Å². The molecule has 6 heteroatoms. The van der Waals surface area contributed by atoms with Crippen molar-refractivity contribution in [2.75, 3.05) is 10.6 Å². The van der Waals surface area contributed by atoms with Crippen LogP contribution in [0.15, 0.2) is 36.7 Å². The number of rotatable bonds is 8. The highest BCUT2D eigenvalue weighted by Gasteiger charge is 2.24. The fourth-order valence-electron chi connectivity index (χ4n) is 6.07. The Kier molecular flexibility index (Phi) is 8.10. The zero-order chi connectivity index (χ0) is 24.9. The van der Waals surface area contributed by atoms with Gasteiger partial charge in [0.2, 0.25) is 5.95 Å². The molecule has 0 amide bonds. The smallest absolute Gasteiger partial charge is 0.224 e. The van der Waals surface area contributed by atoms with Gasteiger partial charge in [-0.3, -0.25) is 0 Å². The van der Waals surface area contributed by atoms with Gasteiger partial charge in [0.15, 0.2) is 0 Å². The second kappa shape index (κ2) is 11.6. The fourth-order valence-corrected chi connectivity index (χ4v) is 6.07. The van der Waals surface area contributed by atoms with Crippen molar-refractivity contribution in [1.82, 2.24) is 14.5 Å². The molecule has 2 aliphatic carbocycles. The van der Waals surface area contributed by atoms with Crippen LogP contribution < -0.4 is 10.6 Å². The molecule has 1 atom stereocenters. The predicted molar refractivity (Wildman–Crippen MR) is 150 cm³/mol. The summed E-state index contributed by atoms with van der Waals surface area (Å²) < 4.78 is 2.35. The van der Waals surface area contributed by atoms with E-state index >= 15 is 0 Å². The van der Waals surface area contributed by atoms with E-state index < -0.39 is 0 Å². The van der Waals surface area contributed by atoms with Crippen LogP contribution in [0.2, 0.25) is 0 Å². The molecular weight excluding hydrogens is 446 g/mol. The van der Waals surface area contributed by atoms with Crippen molar-refractivity contribution in [3.63, 3.8) is 0 Å². The van der Waals surface area contributed by atoms with E-state index in [0.29, 0.717) is 24.1 Å². The first-order chi connectivity index (χ1) is 17.6. The minimum Gasteiger partial charge on any atom is -0.393 e. The summed E-state index contributed by atoms with van der Waals surface area (Å²) in [4.78, 5) is 9.71. The van der Waals surface area contributed by atoms with Crippen LogP contribution in [0.5, 0.6) is 0 Å². The van der Waals surface area contributed by atoms with Crippen molar-refractivity contribution in [2.45, 2.75) is 115 Å². The lowest BCUT2D eigenvalue weighted by Gasteiger charge is -2.27. The van der Waals surface area contributed by atoms with Crippen molar-refractivity contribution in [3.05, 3.63) is 36.7 Å². The number of benzene rings is 1. The lowest BCUT2D eigenvalue weighted by molar-refractivity contribution is 0.111. The highest BCUT2D eigenvalue weighted by Crippen LogP contribution is 2.37. The van der Waals surface area contributed by atoms with Crippen LogP contribution in [0.3, 0.4) is 0 Å². The Labute approximate surface area is 215 Å². The van der Waals surface area contributed by atoms with Crippen molar-refractivity contribution in [3.8, 4) is 11.1 Å². The molecule has 3 aromatic rings. The van der Waals surface area contributed by atoms with Crippen molar-refractivity contribution < 1.29 is 5.11 Å². The summed E-state index contributed by atoms with van der Waals surface area (Å²) in [5.41, 5.74) is 4.59. The lowest BCUT2D eigenvalue weighted by Crippen LogP contribution is -2.21. The molecule has 1 unspecified atom stereocenters. The van der Waals surface area contributed by atoms with Crippen LogP contribution in [0.4, 0.5) is 11.6 Å². The molecule has 0 saturated heterocycles. The Hall–Kier alpha value is -2.60. The third-order valence-corrected chi connectivity index (χ3v) is 8.15. The van der Waals surface area contributed by atoms with Gasteiger partial charge in [-0.1, -0.05) is 51.2 Å². The molecule has 2 aliphatic rings. The molecule has 0 aliphatic heterocycles. The lowest BCUT2D eigenvalue weighted by atomic mass is 9.93. The second-order valence-corrected chi connectivity index (χ2v) is 11.1. The van der Waals surface area contributed by atoms with Crippen molar-refractivity contribution in [2.24, 2.45) is 0 Å².